The molecule has 1 aliphatic rings. The van der Waals surface area contributed by atoms with Crippen LogP contribution in [-0.2, 0) is 6.54 Å². The minimum atomic E-state index is 0.992. The van der Waals surface area contributed by atoms with Crippen LogP contribution in [0.2, 0.25) is 0 Å². The number of nitrogens with zero attached hydrogens (tertiary/aromatic N) is 1. The summed E-state index contributed by atoms with van der Waals surface area (Å²) in [6, 6.07) is 17.0. The molecule has 16 heavy (non-hydrogen) atoms. The van der Waals surface area contributed by atoms with Crippen LogP contribution in [0.1, 0.15) is 18.2 Å². The lowest BCUT2D eigenvalue weighted by Crippen LogP contribution is -2.33. The number of aromatic nitrogens is 1. The fourth-order valence-corrected chi connectivity index (χ4v) is 2.35. The molecule has 0 fully saturated rings. The van der Waals surface area contributed by atoms with Gasteiger partial charge in [0.2, 0.25) is 5.69 Å². The van der Waals surface area contributed by atoms with E-state index in [0.717, 1.165) is 6.54 Å². The van der Waals surface area contributed by atoms with Crippen LogP contribution in [0.4, 0.5) is 0 Å². The monoisotopic (exact) mass is 208 g/mol. The predicted molar refractivity (Wildman–Crippen MR) is 65.6 cm³/mol. The van der Waals surface area contributed by atoms with Crippen molar-refractivity contribution in [1.82, 2.24) is 0 Å². The van der Waals surface area contributed by atoms with E-state index in [2.05, 4.69) is 66.2 Å². The summed E-state index contributed by atoms with van der Waals surface area (Å²) in [6.07, 6.45) is 2.15. The Balaban J connectivity index is 2.11. The summed E-state index contributed by atoms with van der Waals surface area (Å²) >= 11 is 0. The van der Waals surface area contributed by atoms with E-state index in [4.69, 9.17) is 0 Å². The first-order valence-corrected chi connectivity index (χ1v) is 5.60. The van der Waals surface area contributed by atoms with E-state index >= 15 is 0 Å². The van der Waals surface area contributed by atoms with Crippen molar-refractivity contribution in [2.24, 2.45) is 0 Å². The lowest BCUT2D eigenvalue weighted by Gasteiger charge is -1.98. The van der Waals surface area contributed by atoms with E-state index in [0.29, 0.717) is 0 Å². The summed E-state index contributed by atoms with van der Waals surface area (Å²) in [7, 11) is 0. The van der Waals surface area contributed by atoms with Crippen molar-refractivity contribution in [1.29, 1.82) is 0 Å². The first-order chi connectivity index (χ1) is 7.86. The minimum absolute atomic E-state index is 0.992. The van der Waals surface area contributed by atoms with Crippen LogP contribution in [0.3, 0.4) is 0 Å². The van der Waals surface area contributed by atoms with Crippen LogP contribution in [-0.4, -0.2) is 0 Å². The molecule has 0 bridgehead atoms. The van der Waals surface area contributed by atoms with E-state index in [9.17, 15) is 0 Å². The second kappa shape index (κ2) is 3.60. The molecule has 1 heteroatoms. The molecule has 0 saturated carbocycles. The molecule has 0 N–H and O–H groups in total. The zero-order valence-corrected chi connectivity index (χ0v) is 9.35. The Hall–Kier alpha value is -1.89. The van der Waals surface area contributed by atoms with Gasteiger partial charge in [0.25, 0.3) is 0 Å². The SMILES string of the molecule is CC1=C(c2ccccc2)C[n+]2ccccc21. The molecule has 1 nitrogen and oxygen atoms in total. The molecule has 1 aromatic carbocycles. The Bertz CT molecular complexity index is 553. The maximum atomic E-state index is 2.30. The molecule has 0 spiro atoms. The number of pyridine rings is 1. The van der Waals surface area contributed by atoms with Crippen LogP contribution < -0.4 is 4.57 Å². The first kappa shape index (κ1) is 9.34. The zero-order valence-electron chi connectivity index (χ0n) is 9.35. The van der Waals surface area contributed by atoms with E-state index in [-0.39, 0.29) is 0 Å². The predicted octanol–water partition coefficient (Wildman–Crippen LogP) is 2.92. The van der Waals surface area contributed by atoms with Gasteiger partial charge in [-0.05, 0) is 18.6 Å². The summed E-state index contributed by atoms with van der Waals surface area (Å²) in [4.78, 5) is 0. The highest BCUT2D eigenvalue weighted by Gasteiger charge is 2.25. The van der Waals surface area contributed by atoms with E-state index in [1.807, 2.05) is 0 Å². The molecule has 0 saturated heterocycles. The van der Waals surface area contributed by atoms with Crippen molar-refractivity contribution >= 4 is 11.1 Å². The molecule has 78 valence electrons. The smallest absolute Gasteiger partial charge is 0.194 e. The number of rotatable bonds is 1. The molecular formula is C15H14N+. The van der Waals surface area contributed by atoms with Gasteiger partial charge in [-0.3, -0.25) is 0 Å². The summed E-state index contributed by atoms with van der Waals surface area (Å²) < 4.78 is 2.30. The van der Waals surface area contributed by atoms with E-state index in [1.165, 1.54) is 22.4 Å². The highest BCUT2D eigenvalue weighted by Crippen LogP contribution is 2.28. The number of benzene rings is 1. The molecule has 1 aromatic heterocycles. The van der Waals surface area contributed by atoms with Crippen LogP contribution >= 0.6 is 0 Å². The average Bonchev–Trinajstić information content (AvgIpc) is 2.69. The Morgan fingerprint density at radius 1 is 0.938 bits per heavy atom. The average molecular weight is 208 g/mol. The Labute approximate surface area is 95.7 Å². The molecule has 2 heterocycles. The summed E-state index contributed by atoms with van der Waals surface area (Å²) in [5, 5.41) is 0. The van der Waals surface area contributed by atoms with Gasteiger partial charge in [0.1, 0.15) is 0 Å². The molecule has 0 unspecified atom stereocenters. The number of hydrogen-bond acceptors (Lipinski definition) is 0. The van der Waals surface area contributed by atoms with Gasteiger partial charge in [0.05, 0.1) is 0 Å². The van der Waals surface area contributed by atoms with Crippen LogP contribution in [0, 0.1) is 0 Å². The molecule has 0 atom stereocenters. The third-order valence-corrected chi connectivity index (χ3v) is 3.23. The zero-order chi connectivity index (χ0) is 11.0. The maximum Gasteiger partial charge on any atom is 0.208 e. The minimum Gasteiger partial charge on any atom is -0.194 e. The molecule has 0 amide bonds. The number of hydrogen-bond donors (Lipinski definition) is 0. The van der Waals surface area contributed by atoms with Crippen molar-refractivity contribution in [3.8, 4) is 0 Å². The van der Waals surface area contributed by atoms with Crippen molar-refractivity contribution in [2.75, 3.05) is 0 Å². The molecule has 3 rings (SSSR count). The van der Waals surface area contributed by atoms with Crippen molar-refractivity contribution in [3.05, 3.63) is 66.0 Å². The maximum absolute atomic E-state index is 2.30. The van der Waals surface area contributed by atoms with E-state index in [1.54, 1.807) is 0 Å². The first-order valence-electron chi connectivity index (χ1n) is 5.60. The molecule has 0 aliphatic carbocycles. The van der Waals surface area contributed by atoms with Crippen molar-refractivity contribution in [3.63, 3.8) is 0 Å². The standard InChI is InChI=1S/C15H14N/c1-12-14(13-7-3-2-4-8-13)11-16-10-6-5-9-15(12)16/h2-10H,11H2,1H3/q+1. The third kappa shape index (κ3) is 1.36. The molecule has 2 aromatic rings. The second-order valence-electron chi connectivity index (χ2n) is 4.18. The lowest BCUT2D eigenvalue weighted by atomic mass is 10.0. The molecule has 1 aliphatic heterocycles. The van der Waals surface area contributed by atoms with E-state index < -0.39 is 0 Å². The van der Waals surface area contributed by atoms with Crippen LogP contribution in [0.15, 0.2) is 54.7 Å². The quantitative estimate of drug-likeness (QED) is 0.634. The van der Waals surface area contributed by atoms with Gasteiger partial charge in [0.15, 0.2) is 12.7 Å². The molecule has 0 radical (unpaired) electrons. The fraction of sp³-hybridized carbons (Fsp3) is 0.133. The molecular weight excluding hydrogens is 194 g/mol. The van der Waals surface area contributed by atoms with Gasteiger partial charge in [0, 0.05) is 23.3 Å². The lowest BCUT2D eigenvalue weighted by molar-refractivity contribution is -0.682. The highest BCUT2D eigenvalue weighted by atomic mass is 15.0. The van der Waals surface area contributed by atoms with Gasteiger partial charge >= 0.3 is 0 Å². The van der Waals surface area contributed by atoms with Crippen molar-refractivity contribution in [2.45, 2.75) is 13.5 Å². The Morgan fingerprint density at radius 3 is 2.44 bits per heavy atom. The van der Waals surface area contributed by atoms with Gasteiger partial charge in [-0.2, -0.15) is 4.57 Å². The second-order valence-corrected chi connectivity index (χ2v) is 4.18. The number of allylic oxidation sites excluding steroid dienone is 2. The normalized spacial score (nSPS) is 14.1. The van der Waals surface area contributed by atoms with Crippen molar-refractivity contribution < 1.29 is 4.57 Å². The largest absolute Gasteiger partial charge is 0.208 e. The Kier molecular flexibility index (Phi) is 2.10. The van der Waals surface area contributed by atoms with Gasteiger partial charge < -0.3 is 0 Å². The van der Waals surface area contributed by atoms with Crippen LogP contribution in [0.25, 0.3) is 11.1 Å². The highest BCUT2D eigenvalue weighted by molar-refractivity contribution is 5.89. The summed E-state index contributed by atoms with van der Waals surface area (Å²) in [6.45, 7) is 3.20. The summed E-state index contributed by atoms with van der Waals surface area (Å²) in [5.74, 6) is 0. The van der Waals surface area contributed by atoms with Gasteiger partial charge in [-0.15, -0.1) is 0 Å². The van der Waals surface area contributed by atoms with Crippen LogP contribution in [0.5, 0.6) is 0 Å². The van der Waals surface area contributed by atoms with Gasteiger partial charge in [-0.1, -0.05) is 30.3 Å². The topological polar surface area (TPSA) is 3.88 Å². The summed E-state index contributed by atoms with van der Waals surface area (Å²) in [5.41, 5.74) is 5.50. The third-order valence-electron chi connectivity index (χ3n) is 3.23. The fourth-order valence-electron chi connectivity index (χ4n) is 2.35. The van der Waals surface area contributed by atoms with Gasteiger partial charge in [-0.25, -0.2) is 0 Å². The number of fused-ring (bicyclic) bond motifs is 1. The Morgan fingerprint density at radius 2 is 1.69 bits per heavy atom.